The number of carbonyl (C=O) groups is 1. The summed E-state index contributed by atoms with van der Waals surface area (Å²) in [5.74, 6) is 0.161. The summed E-state index contributed by atoms with van der Waals surface area (Å²) in [6.07, 6.45) is -0.513. The Morgan fingerprint density at radius 1 is 1.21 bits per heavy atom. The predicted molar refractivity (Wildman–Crippen MR) is 97.8 cm³/mol. The maximum atomic E-state index is 11.9. The molecule has 1 aliphatic rings. The largest absolute Gasteiger partial charge is 0.447 e. The molecule has 1 fully saturated rings. The summed E-state index contributed by atoms with van der Waals surface area (Å²) >= 11 is 0. The van der Waals surface area contributed by atoms with Gasteiger partial charge in [-0.15, -0.1) is 0 Å². The lowest BCUT2D eigenvalue weighted by Crippen LogP contribution is -2.38. The number of carbonyl (C=O) groups excluding carboxylic acids is 1. The highest BCUT2D eigenvalue weighted by molar-refractivity contribution is 6.06. The highest BCUT2D eigenvalue weighted by atomic mass is 16.5. The minimum absolute atomic E-state index is 0.161. The van der Waals surface area contributed by atoms with Gasteiger partial charge in [0.2, 0.25) is 0 Å². The molecule has 0 spiro atoms. The molecule has 1 aliphatic heterocycles. The van der Waals surface area contributed by atoms with Crippen LogP contribution in [0.3, 0.4) is 0 Å². The molecule has 0 aliphatic carbocycles. The molecule has 0 N–H and O–H groups in total. The monoisotopic (exact) mass is 334 g/mol. The number of hydrogen-bond acceptors (Lipinski definition) is 4. The van der Waals surface area contributed by atoms with Crippen LogP contribution in [0.2, 0.25) is 0 Å². The van der Waals surface area contributed by atoms with Crippen LogP contribution in [0.1, 0.15) is 33.3 Å². The molecular weight excluding hydrogens is 304 g/mol. The van der Waals surface area contributed by atoms with E-state index < -0.39 is 6.09 Å². The zero-order valence-electron chi connectivity index (χ0n) is 15.3. The molecule has 134 valence electrons. The van der Waals surface area contributed by atoms with Crippen molar-refractivity contribution in [1.29, 1.82) is 0 Å². The van der Waals surface area contributed by atoms with Crippen LogP contribution in [0.4, 0.5) is 4.79 Å². The lowest BCUT2D eigenvalue weighted by atomic mass is 10.0. The van der Waals surface area contributed by atoms with E-state index >= 15 is 0 Å². The Bertz CT molecular complexity index is 495. The van der Waals surface area contributed by atoms with Crippen molar-refractivity contribution < 1.29 is 14.3 Å². The quantitative estimate of drug-likeness (QED) is 0.772. The van der Waals surface area contributed by atoms with E-state index in [-0.39, 0.29) is 5.92 Å². The van der Waals surface area contributed by atoms with Gasteiger partial charge in [0.1, 0.15) is 6.61 Å². The van der Waals surface area contributed by atoms with Gasteiger partial charge in [-0.1, -0.05) is 58.0 Å². The molecule has 0 saturated carbocycles. The number of benzene rings is 1. The molecule has 24 heavy (non-hydrogen) atoms. The van der Waals surface area contributed by atoms with Crippen molar-refractivity contribution in [2.24, 2.45) is 10.9 Å². The van der Waals surface area contributed by atoms with Crippen molar-refractivity contribution in [3.05, 3.63) is 35.9 Å². The van der Waals surface area contributed by atoms with E-state index in [1.807, 2.05) is 58.0 Å². The first kappa shape index (κ1) is 20.3. The Labute approximate surface area is 145 Å². The van der Waals surface area contributed by atoms with Gasteiger partial charge >= 0.3 is 6.09 Å². The minimum Gasteiger partial charge on any atom is -0.447 e. The number of hydrogen-bond donors (Lipinski definition) is 0. The summed E-state index contributed by atoms with van der Waals surface area (Å²) in [5.41, 5.74) is 1.72. The zero-order valence-corrected chi connectivity index (χ0v) is 15.3. The van der Waals surface area contributed by atoms with Crippen molar-refractivity contribution in [3.8, 4) is 0 Å². The van der Waals surface area contributed by atoms with Gasteiger partial charge in [-0.25, -0.2) is 4.79 Å². The van der Waals surface area contributed by atoms with Gasteiger partial charge in [-0.2, -0.15) is 4.99 Å². The summed E-state index contributed by atoms with van der Waals surface area (Å²) in [7, 11) is 0. The zero-order chi connectivity index (χ0) is 17.8. The highest BCUT2D eigenvalue weighted by Crippen LogP contribution is 2.10. The summed E-state index contributed by atoms with van der Waals surface area (Å²) in [4.78, 5) is 18.3. The van der Waals surface area contributed by atoms with Crippen LogP contribution in [-0.4, -0.2) is 56.2 Å². The van der Waals surface area contributed by atoms with Crippen molar-refractivity contribution >= 4 is 11.8 Å². The number of nitrogens with zero attached hydrogens (tertiary/aromatic N) is 2. The fourth-order valence-electron chi connectivity index (χ4n) is 2.35. The molecule has 5 heteroatoms. The molecular formula is C19H30N2O3. The predicted octanol–water partition coefficient (Wildman–Crippen LogP) is 3.63. The lowest BCUT2D eigenvalue weighted by Gasteiger charge is -2.25. The van der Waals surface area contributed by atoms with E-state index in [9.17, 15) is 4.79 Å². The van der Waals surface area contributed by atoms with Crippen LogP contribution in [-0.2, 0) is 9.47 Å². The molecule has 0 bridgehead atoms. The van der Waals surface area contributed by atoms with E-state index in [0.29, 0.717) is 6.61 Å². The van der Waals surface area contributed by atoms with E-state index in [4.69, 9.17) is 9.47 Å². The number of ether oxygens (including phenoxy) is 2. The second-order valence-corrected chi connectivity index (χ2v) is 5.59. The number of morpholine rings is 1. The second kappa shape index (κ2) is 11.8. The fraction of sp³-hybridized carbons (Fsp3) is 0.579. The molecule has 0 aromatic heterocycles. The van der Waals surface area contributed by atoms with E-state index in [2.05, 4.69) is 9.89 Å². The third kappa shape index (κ3) is 7.23. The standard InChI is InChI=1S/C17H24N2O3.C2H6/c1-14(2)16(15-6-4-3-5-7-15)18-17(20)22-13-10-19-8-11-21-12-9-19;1-2/h3-7,14H,8-13H2,1-2H3;1-2H3/b18-16-;. The van der Waals surface area contributed by atoms with Crippen LogP contribution in [0.5, 0.6) is 0 Å². The first-order valence-electron chi connectivity index (χ1n) is 8.77. The molecule has 1 heterocycles. The summed E-state index contributed by atoms with van der Waals surface area (Å²) in [6, 6.07) is 9.75. The van der Waals surface area contributed by atoms with Crippen molar-refractivity contribution in [2.75, 3.05) is 39.5 Å². The Kier molecular flexibility index (Phi) is 9.96. The Hall–Kier alpha value is -1.72. The van der Waals surface area contributed by atoms with Gasteiger partial charge < -0.3 is 9.47 Å². The Morgan fingerprint density at radius 3 is 2.42 bits per heavy atom. The fourth-order valence-corrected chi connectivity index (χ4v) is 2.35. The third-order valence-corrected chi connectivity index (χ3v) is 3.56. The topological polar surface area (TPSA) is 51.1 Å². The molecule has 5 nitrogen and oxygen atoms in total. The SMILES string of the molecule is CC.CC(C)/C(=N/C(=O)OCCN1CCOCC1)c1ccccc1. The molecule has 1 saturated heterocycles. The maximum Gasteiger partial charge on any atom is 0.433 e. The minimum atomic E-state index is -0.513. The normalized spacial score (nSPS) is 15.6. The molecule has 2 rings (SSSR count). The van der Waals surface area contributed by atoms with Crippen LogP contribution in [0.25, 0.3) is 0 Å². The van der Waals surface area contributed by atoms with Gasteiger partial charge in [-0.05, 0) is 11.5 Å². The average molecular weight is 334 g/mol. The third-order valence-electron chi connectivity index (χ3n) is 3.56. The van der Waals surface area contributed by atoms with Crippen molar-refractivity contribution in [2.45, 2.75) is 27.7 Å². The molecule has 0 unspecified atom stereocenters. The summed E-state index contributed by atoms with van der Waals surface area (Å²) in [6.45, 7) is 12.4. The van der Waals surface area contributed by atoms with Crippen LogP contribution >= 0.6 is 0 Å². The van der Waals surface area contributed by atoms with Crippen LogP contribution < -0.4 is 0 Å². The van der Waals surface area contributed by atoms with Crippen LogP contribution in [0, 0.1) is 5.92 Å². The molecule has 1 aromatic rings. The first-order chi connectivity index (χ1) is 11.7. The average Bonchev–Trinajstić information content (AvgIpc) is 2.63. The van der Waals surface area contributed by atoms with E-state index in [0.717, 1.165) is 44.1 Å². The smallest absolute Gasteiger partial charge is 0.433 e. The number of aliphatic imine (C=N–C) groups is 1. The summed E-state index contributed by atoms with van der Waals surface area (Å²) in [5, 5.41) is 0. The number of amides is 1. The molecule has 0 radical (unpaired) electrons. The lowest BCUT2D eigenvalue weighted by molar-refractivity contribution is 0.0288. The molecule has 0 atom stereocenters. The van der Waals surface area contributed by atoms with Gasteiger partial charge in [0.05, 0.1) is 18.9 Å². The maximum absolute atomic E-state index is 11.9. The Balaban J connectivity index is 0.00000139. The first-order valence-corrected chi connectivity index (χ1v) is 8.77. The van der Waals surface area contributed by atoms with Gasteiger partial charge in [0.25, 0.3) is 0 Å². The second-order valence-electron chi connectivity index (χ2n) is 5.59. The van der Waals surface area contributed by atoms with Gasteiger partial charge in [0, 0.05) is 19.6 Å². The highest BCUT2D eigenvalue weighted by Gasteiger charge is 2.13. The van der Waals surface area contributed by atoms with E-state index in [1.165, 1.54) is 0 Å². The molecule has 1 amide bonds. The van der Waals surface area contributed by atoms with Gasteiger partial charge in [-0.3, -0.25) is 4.90 Å². The van der Waals surface area contributed by atoms with Crippen molar-refractivity contribution in [1.82, 2.24) is 4.90 Å². The summed E-state index contributed by atoms with van der Waals surface area (Å²) < 4.78 is 10.5. The van der Waals surface area contributed by atoms with Crippen LogP contribution in [0.15, 0.2) is 35.3 Å². The van der Waals surface area contributed by atoms with Gasteiger partial charge in [0.15, 0.2) is 0 Å². The van der Waals surface area contributed by atoms with E-state index in [1.54, 1.807) is 0 Å². The number of rotatable bonds is 5. The molecule has 1 aromatic carbocycles. The van der Waals surface area contributed by atoms with Crippen molar-refractivity contribution in [3.63, 3.8) is 0 Å². The Morgan fingerprint density at radius 2 is 1.83 bits per heavy atom.